The molecule has 1 fully saturated rings. The molecule has 1 heteroatoms. The summed E-state index contributed by atoms with van der Waals surface area (Å²) in [5.74, 6) is 0. The molecule has 0 N–H and O–H groups in total. The normalized spacial score (nSPS) is 20.7. The molecule has 1 saturated carbocycles. The van der Waals surface area contributed by atoms with Crippen LogP contribution in [0.1, 0.15) is 39.5 Å². The highest BCUT2D eigenvalue weighted by Crippen LogP contribution is 2.20. The van der Waals surface area contributed by atoms with Gasteiger partial charge >= 0.3 is 0 Å². The molecule has 0 heterocycles. The van der Waals surface area contributed by atoms with Gasteiger partial charge in [0.1, 0.15) is 0 Å². The molecular weight excluding hydrogens is 122 g/mol. The van der Waals surface area contributed by atoms with E-state index in [1.807, 2.05) is 0 Å². The highest BCUT2D eigenvalue weighted by Gasteiger charge is 2.13. The molecule has 0 amide bonds. The summed E-state index contributed by atoms with van der Waals surface area (Å²) in [5, 5.41) is 0. The minimum atomic E-state index is 0. The topological polar surface area (TPSA) is 3.24 Å². The molecule has 1 aliphatic carbocycles. The van der Waals surface area contributed by atoms with Crippen LogP contribution in [0, 0.1) is 0 Å². The van der Waals surface area contributed by atoms with Crippen LogP contribution in [0.5, 0.6) is 0 Å². The van der Waals surface area contributed by atoms with E-state index in [0.29, 0.717) is 0 Å². The van der Waals surface area contributed by atoms with Gasteiger partial charge in [0.15, 0.2) is 0 Å². The van der Waals surface area contributed by atoms with E-state index >= 15 is 0 Å². The van der Waals surface area contributed by atoms with Gasteiger partial charge in [0, 0.05) is 6.04 Å². The first-order valence-corrected chi connectivity index (χ1v) is 3.97. The third-order valence-corrected chi connectivity index (χ3v) is 2.30. The Kier molecular flexibility index (Phi) is 4.71. The van der Waals surface area contributed by atoms with Crippen molar-refractivity contribution in [1.29, 1.82) is 0 Å². The first-order valence-electron chi connectivity index (χ1n) is 3.97. The summed E-state index contributed by atoms with van der Waals surface area (Å²) in [4.78, 5) is 2.36. The monoisotopic (exact) mass is 143 g/mol. The maximum absolute atomic E-state index is 2.36. The average molecular weight is 143 g/mol. The Morgan fingerprint density at radius 1 is 1.00 bits per heavy atom. The van der Waals surface area contributed by atoms with Crippen molar-refractivity contribution in [3.63, 3.8) is 0 Å². The number of hydrogen-bond donors (Lipinski definition) is 0. The van der Waals surface area contributed by atoms with Crippen LogP contribution in [0.25, 0.3) is 0 Å². The highest BCUT2D eigenvalue weighted by atomic mass is 15.1. The van der Waals surface area contributed by atoms with Gasteiger partial charge in [-0.2, -0.15) is 0 Å². The van der Waals surface area contributed by atoms with E-state index in [-0.39, 0.29) is 7.43 Å². The van der Waals surface area contributed by atoms with Crippen molar-refractivity contribution in [2.75, 3.05) is 14.1 Å². The zero-order valence-electron chi connectivity index (χ0n) is 6.56. The van der Waals surface area contributed by atoms with E-state index in [4.69, 9.17) is 0 Å². The van der Waals surface area contributed by atoms with Crippen molar-refractivity contribution in [2.24, 2.45) is 0 Å². The van der Waals surface area contributed by atoms with Gasteiger partial charge in [-0.1, -0.05) is 26.7 Å². The first-order chi connectivity index (χ1) is 4.30. The lowest BCUT2D eigenvalue weighted by Crippen LogP contribution is -2.29. The van der Waals surface area contributed by atoms with Crippen molar-refractivity contribution >= 4 is 0 Å². The number of rotatable bonds is 1. The second kappa shape index (κ2) is 4.73. The number of nitrogens with zero attached hydrogens (tertiary/aromatic N) is 1. The predicted octanol–water partition coefficient (Wildman–Crippen LogP) is 2.52. The Bertz CT molecular complexity index is 72.8. The molecule has 1 aliphatic rings. The third-order valence-electron chi connectivity index (χ3n) is 2.30. The maximum Gasteiger partial charge on any atom is 0.00891 e. The summed E-state index contributed by atoms with van der Waals surface area (Å²) < 4.78 is 0. The Morgan fingerprint density at radius 2 is 1.50 bits per heavy atom. The van der Waals surface area contributed by atoms with Crippen molar-refractivity contribution in [2.45, 2.75) is 45.6 Å². The number of hydrogen-bond acceptors (Lipinski definition) is 1. The van der Waals surface area contributed by atoms with E-state index in [2.05, 4.69) is 19.0 Å². The quantitative estimate of drug-likeness (QED) is 0.545. The van der Waals surface area contributed by atoms with Gasteiger partial charge in [0.2, 0.25) is 0 Å². The minimum absolute atomic E-state index is 0. The summed E-state index contributed by atoms with van der Waals surface area (Å²) >= 11 is 0. The smallest absolute Gasteiger partial charge is 0.00891 e. The van der Waals surface area contributed by atoms with Gasteiger partial charge in [-0.05, 0) is 26.9 Å². The van der Waals surface area contributed by atoms with Gasteiger partial charge in [0.05, 0.1) is 0 Å². The molecule has 0 aromatic heterocycles. The van der Waals surface area contributed by atoms with Crippen molar-refractivity contribution < 1.29 is 0 Å². The van der Waals surface area contributed by atoms with Gasteiger partial charge in [-0.15, -0.1) is 0 Å². The molecule has 0 aromatic carbocycles. The highest BCUT2D eigenvalue weighted by molar-refractivity contribution is 4.70. The molecule has 62 valence electrons. The summed E-state index contributed by atoms with van der Waals surface area (Å²) in [6.45, 7) is 0. The Balaban J connectivity index is 0.000000810. The Morgan fingerprint density at radius 3 is 1.80 bits per heavy atom. The molecule has 1 rings (SSSR count). The predicted molar refractivity (Wildman–Crippen MR) is 47.3 cm³/mol. The van der Waals surface area contributed by atoms with Crippen LogP contribution >= 0.6 is 0 Å². The third kappa shape index (κ3) is 2.70. The fourth-order valence-electron chi connectivity index (χ4n) is 1.60. The molecule has 10 heavy (non-hydrogen) atoms. The van der Waals surface area contributed by atoms with Gasteiger partial charge < -0.3 is 4.90 Å². The van der Waals surface area contributed by atoms with Crippen LogP contribution in [0.3, 0.4) is 0 Å². The molecule has 0 atom stereocenters. The van der Waals surface area contributed by atoms with Crippen LogP contribution in [0.15, 0.2) is 0 Å². The standard InChI is InChI=1S/C8H17N.CH4/c1-9(2)8-6-4-3-5-7-8;/h8H,3-7H2,1-2H3;1H4. The maximum atomic E-state index is 2.36. The van der Waals surface area contributed by atoms with Crippen LogP contribution in [0.4, 0.5) is 0 Å². The van der Waals surface area contributed by atoms with E-state index in [0.717, 1.165) is 6.04 Å². The fraction of sp³-hybridized carbons (Fsp3) is 1.00. The Labute approximate surface area is 65.4 Å². The molecule has 0 spiro atoms. The van der Waals surface area contributed by atoms with Crippen LogP contribution in [-0.4, -0.2) is 25.0 Å². The zero-order chi connectivity index (χ0) is 6.69. The Hall–Kier alpha value is -0.0400. The second-order valence-corrected chi connectivity index (χ2v) is 3.26. The van der Waals surface area contributed by atoms with Crippen molar-refractivity contribution in [3.05, 3.63) is 0 Å². The van der Waals surface area contributed by atoms with Crippen LogP contribution in [-0.2, 0) is 0 Å². The summed E-state index contributed by atoms with van der Waals surface area (Å²) in [5.41, 5.74) is 0. The summed E-state index contributed by atoms with van der Waals surface area (Å²) in [7, 11) is 4.38. The molecule has 0 saturated heterocycles. The van der Waals surface area contributed by atoms with E-state index in [9.17, 15) is 0 Å². The fourth-order valence-corrected chi connectivity index (χ4v) is 1.60. The van der Waals surface area contributed by atoms with Gasteiger partial charge in [0.25, 0.3) is 0 Å². The minimum Gasteiger partial charge on any atom is -0.306 e. The van der Waals surface area contributed by atoms with Crippen LogP contribution < -0.4 is 0 Å². The average Bonchev–Trinajstić information content (AvgIpc) is 1.90. The molecule has 0 radical (unpaired) electrons. The van der Waals surface area contributed by atoms with Crippen molar-refractivity contribution in [3.8, 4) is 0 Å². The second-order valence-electron chi connectivity index (χ2n) is 3.26. The van der Waals surface area contributed by atoms with Gasteiger partial charge in [-0.25, -0.2) is 0 Å². The molecular formula is C9H21N. The largest absolute Gasteiger partial charge is 0.306 e. The molecule has 0 unspecified atom stereocenters. The van der Waals surface area contributed by atoms with Crippen molar-refractivity contribution in [1.82, 2.24) is 4.90 Å². The van der Waals surface area contributed by atoms with Crippen LogP contribution in [0.2, 0.25) is 0 Å². The molecule has 0 bridgehead atoms. The van der Waals surface area contributed by atoms with E-state index < -0.39 is 0 Å². The zero-order valence-corrected chi connectivity index (χ0v) is 6.56. The van der Waals surface area contributed by atoms with Gasteiger partial charge in [-0.3, -0.25) is 0 Å². The first kappa shape index (κ1) is 9.96. The lowest BCUT2D eigenvalue weighted by molar-refractivity contribution is 0.229. The van der Waals surface area contributed by atoms with E-state index in [1.165, 1.54) is 32.1 Å². The molecule has 0 aromatic rings. The lowest BCUT2D eigenvalue weighted by atomic mass is 9.95. The SMILES string of the molecule is C.CN(C)C1CCCCC1. The molecule has 0 aliphatic heterocycles. The van der Waals surface area contributed by atoms with E-state index in [1.54, 1.807) is 0 Å². The molecule has 1 nitrogen and oxygen atoms in total. The summed E-state index contributed by atoms with van der Waals surface area (Å²) in [6.07, 6.45) is 7.20. The lowest BCUT2D eigenvalue weighted by Gasteiger charge is -2.27. The summed E-state index contributed by atoms with van der Waals surface area (Å²) in [6, 6.07) is 0.888.